The number of methoxy groups -OCH3 is 1. The van der Waals surface area contributed by atoms with Gasteiger partial charge in [-0.2, -0.15) is 43.1 Å². The van der Waals surface area contributed by atoms with Crippen LogP contribution in [0.1, 0.15) is 205 Å². The molecule has 31 nitrogen and oxygen atoms in total. The quantitative estimate of drug-likeness (QED) is 0.0284. The molecule has 0 aromatic carbocycles. The Balaban J connectivity index is 1.67. The second-order valence-electron chi connectivity index (χ2n) is 32.5. The molecule has 97 heavy (non-hydrogen) atoms. The molecule has 0 aromatic rings. The first-order valence-corrected chi connectivity index (χ1v) is 37.8. The number of hydrogen-bond acceptors (Lipinski definition) is 23. The number of rotatable bonds is 32. The van der Waals surface area contributed by atoms with Crippen LogP contribution in [0.3, 0.4) is 0 Å². The first-order valence-electron chi connectivity index (χ1n) is 32.2. The van der Waals surface area contributed by atoms with E-state index in [2.05, 4.69) is 9.44 Å². The molecule has 572 valence electrons. The summed E-state index contributed by atoms with van der Waals surface area (Å²) in [5, 5.41) is 59.1. The SMILES string of the molecule is CCC1(C)C(C)(C(=O)O)OC(C)(CCOCCC2(C)C(C)(COS(=O)(=O)O)OC(C)(COCCC3(C)C(C)(C(=O)O)OC(C)(CCOCCC4(C)C(C)(COS(=O)(=O)O)OC(C)(COC)C(C)(NS(=O)(=O)O)C4(C)C)C(C)(C)C3(C)O)C(C)(NS(=O)(=O)O)C2(C)C)C(C)(O)C1(C)O. The van der Waals surface area contributed by atoms with E-state index in [0.717, 1.165) is 0 Å². The maximum Gasteiger partial charge on any atom is 0.397 e. The van der Waals surface area contributed by atoms with Crippen molar-refractivity contribution in [1.29, 1.82) is 0 Å². The molecule has 0 bridgehead atoms. The van der Waals surface area contributed by atoms with E-state index in [-0.39, 0.29) is 71.6 Å². The van der Waals surface area contributed by atoms with Crippen molar-refractivity contribution in [3.8, 4) is 0 Å². The van der Waals surface area contributed by atoms with E-state index in [1.807, 2.05) is 0 Å². The minimum atomic E-state index is -5.21. The summed E-state index contributed by atoms with van der Waals surface area (Å²) >= 11 is 0. The zero-order chi connectivity index (χ0) is 76.2. The zero-order valence-electron chi connectivity index (χ0n) is 61.4. The lowest BCUT2D eigenvalue weighted by Crippen LogP contribution is -2.82. The van der Waals surface area contributed by atoms with Crippen LogP contribution in [0.25, 0.3) is 0 Å². The minimum absolute atomic E-state index is 0.0345. The van der Waals surface area contributed by atoms with Crippen molar-refractivity contribution in [3.05, 3.63) is 0 Å². The third kappa shape index (κ3) is 13.8. The van der Waals surface area contributed by atoms with Gasteiger partial charge in [0, 0.05) is 80.1 Å². The van der Waals surface area contributed by atoms with Gasteiger partial charge >= 0.3 is 53.3 Å². The Kier molecular flexibility index (Phi) is 23.9. The predicted octanol–water partition coefficient (Wildman–Crippen LogP) is 5.70. The molecule has 11 N–H and O–H groups in total. The number of aliphatic carboxylic acids is 2. The Bertz CT molecular complexity index is 3390. The Labute approximate surface area is 575 Å². The van der Waals surface area contributed by atoms with Crippen LogP contribution in [0.2, 0.25) is 0 Å². The first-order chi connectivity index (χ1) is 42.8. The van der Waals surface area contributed by atoms with Gasteiger partial charge in [-0.15, -0.1) is 0 Å². The fourth-order valence-electron chi connectivity index (χ4n) is 17.4. The van der Waals surface area contributed by atoms with E-state index < -0.39 is 190 Å². The number of hydrogen-bond donors (Lipinski definition) is 11. The highest BCUT2D eigenvalue weighted by Crippen LogP contribution is 2.68. The fourth-order valence-corrected chi connectivity index (χ4v) is 20.2. The average molecular weight is 1480 g/mol. The van der Waals surface area contributed by atoms with Gasteiger partial charge in [0.25, 0.3) is 0 Å². The van der Waals surface area contributed by atoms with E-state index in [4.69, 9.17) is 46.3 Å². The maximum absolute atomic E-state index is 13.9. The minimum Gasteiger partial charge on any atom is -0.479 e. The largest absolute Gasteiger partial charge is 0.479 e. The summed E-state index contributed by atoms with van der Waals surface area (Å²) in [4.78, 5) is 26.8. The molecule has 4 aliphatic rings. The summed E-state index contributed by atoms with van der Waals surface area (Å²) < 4.78 is 207. The zero-order valence-corrected chi connectivity index (χ0v) is 64.7. The molecule has 0 radical (unpaired) electrons. The van der Waals surface area contributed by atoms with E-state index in [1.165, 1.54) is 104 Å². The predicted molar refractivity (Wildman–Crippen MR) is 351 cm³/mol. The van der Waals surface area contributed by atoms with Gasteiger partial charge in [0.05, 0.1) is 59.9 Å². The molecule has 4 saturated heterocycles. The topological polar surface area (TPSA) is 469 Å². The van der Waals surface area contributed by atoms with Gasteiger partial charge in [0.1, 0.15) is 28.0 Å². The van der Waals surface area contributed by atoms with Crippen molar-refractivity contribution in [2.75, 3.05) is 66.6 Å². The molecule has 0 amide bonds. The Morgan fingerprint density at radius 3 is 1.03 bits per heavy atom. The molecule has 4 aliphatic heterocycles. The summed E-state index contributed by atoms with van der Waals surface area (Å²) in [7, 11) is -19.1. The van der Waals surface area contributed by atoms with Crippen LogP contribution in [-0.4, -0.2) is 229 Å². The summed E-state index contributed by atoms with van der Waals surface area (Å²) in [5.41, 5.74) is -35.0. The van der Waals surface area contributed by atoms with Crippen molar-refractivity contribution in [2.24, 2.45) is 37.9 Å². The van der Waals surface area contributed by atoms with Crippen molar-refractivity contribution in [1.82, 2.24) is 9.44 Å². The number of carbonyl (C=O) groups is 2. The molecule has 4 rings (SSSR count). The number of carboxylic acids is 2. The highest BCUT2D eigenvalue weighted by Gasteiger charge is 2.78. The molecule has 0 aliphatic carbocycles. The molecule has 17 atom stereocenters. The van der Waals surface area contributed by atoms with Gasteiger partial charge in [0.2, 0.25) is 0 Å². The summed E-state index contributed by atoms with van der Waals surface area (Å²) in [5.74, 6) is -2.86. The lowest BCUT2D eigenvalue weighted by atomic mass is 9.45. The van der Waals surface area contributed by atoms with Gasteiger partial charge in [-0.25, -0.2) is 18.0 Å². The van der Waals surface area contributed by atoms with Crippen molar-refractivity contribution in [2.45, 2.75) is 277 Å². The second kappa shape index (κ2) is 26.5. The van der Waals surface area contributed by atoms with Crippen molar-refractivity contribution in [3.63, 3.8) is 0 Å². The van der Waals surface area contributed by atoms with Crippen LogP contribution < -0.4 is 9.44 Å². The van der Waals surface area contributed by atoms with E-state index in [1.54, 1.807) is 69.2 Å². The maximum atomic E-state index is 13.9. The monoisotopic (exact) mass is 1480 g/mol. The van der Waals surface area contributed by atoms with Gasteiger partial charge in [0.15, 0.2) is 11.2 Å². The third-order valence-electron chi connectivity index (χ3n) is 27.9. The van der Waals surface area contributed by atoms with Crippen LogP contribution in [0.5, 0.6) is 0 Å². The standard InChI is InChI=1S/C62H116N2O29S4/c1-26-46(8)56(18,41(65)66)93-51(13,62(24,71)61(46,23)70)31-36-86-33-28-48(10)44(4,5)59(21,64-95(75,76)77)55(17,91-53(48,15)40-89-97(81,82)83)38-87-34-29-49(11)57(19,42(67)68)92-50(12,45(6,7)60(49,22)69)30-35-85-32-27-47(9)43(2,3)58(20,63-94(72,73)74)54(16,37-84-25)90-52(47,14)39-88-96(78,79)80/h63-64,69-71H,26-40H2,1-25H3,(H,65,66)(H,67,68)(H,72,73,74)(H,75,76,77)(H,78,79,80)(H,81,82,83). The number of carboxylic acid groups (broad SMARTS) is 2. The van der Waals surface area contributed by atoms with Gasteiger partial charge < -0.3 is 63.4 Å². The lowest BCUT2D eigenvalue weighted by molar-refractivity contribution is -0.379. The highest BCUT2D eigenvalue weighted by atomic mass is 32.3. The normalized spacial score (nSPS) is 44.0. The first kappa shape index (κ1) is 87.4. The molecule has 35 heteroatoms. The average Bonchev–Trinajstić information content (AvgIpc) is 0.704. The van der Waals surface area contributed by atoms with Crippen LogP contribution in [0.4, 0.5) is 0 Å². The summed E-state index contributed by atoms with van der Waals surface area (Å²) in [6, 6.07) is 0. The van der Waals surface area contributed by atoms with E-state index >= 15 is 0 Å². The van der Waals surface area contributed by atoms with Gasteiger partial charge in [-0.05, 0) is 127 Å². The Hall–Kier alpha value is -2.02. The molecule has 0 aromatic heterocycles. The Morgan fingerprint density at radius 2 is 0.691 bits per heavy atom. The van der Waals surface area contributed by atoms with Crippen LogP contribution >= 0.6 is 0 Å². The van der Waals surface area contributed by atoms with Crippen molar-refractivity contribution >= 4 is 53.3 Å². The molecule has 0 saturated carbocycles. The molecular formula is C62H116N2O29S4. The van der Waals surface area contributed by atoms with Gasteiger partial charge in [-0.3, -0.25) is 18.2 Å². The number of ether oxygens (including phenoxy) is 8. The Morgan fingerprint density at radius 1 is 0.371 bits per heavy atom. The van der Waals surface area contributed by atoms with Gasteiger partial charge in [-0.1, -0.05) is 76.2 Å². The fraction of sp³-hybridized carbons (Fsp3) is 0.968. The molecule has 4 heterocycles. The van der Waals surface area contributed by atoms with E-state index in [9.17, 15) is 87.0 Å². The lowest BCUT2D eigenvalue weighted by Gasteiger charge is -2.71. The van der Waals surface area contributed by atoms with Crippen LogP contribution in [0, 0.1) is 37.9 Å². The van der Waals surface area contributed by atoms with Crippen molar-refractivity contribution < 1.29 is 133 Å². The molecule has 17 unspecified atom stereocenters. The second-order valence-corrected chi connectivity index (χ2v) is 37.0. The highest BCUT2D eigenvalue weighted by molar-refractivity contribution is 7.84. The number of nitrogens with one attached hydrogen (secondary N) is 2. The van der Waals surface area contributed by atoms with E-state index in [0.29, 0.717) is 0 Å². The molecule has 4 fully saturated rings. The third-order valence-corrected chi connectivity index (χ3v) is 30.0. The summed E-state index contributed by atoms with van der Waals surface area (Å²) in [6.45, 7) is 32.9. The molecule has 0 spiro atoms. The summed E-state index contributed by atoms with van der Waals surface area (Å²) in [6.07, 6.45) is -0.592. The number of aliphatic hydroxyl groups is 3. The van der Waals surface area contributed by atoms with Crippen LogP contribution in [0.15, 0.2) is 0 Å². The van der Waals surface area contributed by atoms with Crippen LogP contribution in [-0.2, 0) is 97.3 Å². The molecular weight excluding hydrogens is 1360 g/mol. The smallest absolute Gasteiger partial charge is 0.397 e.